The van der Waals surface area contributed by atoms with Crippen LogP contribution in [-0.4, -0.2) is 10.8 Å². The molecule has 64 valence electrons. The minimum Gasteiger partial charge on any atom is -0.376 e. The van der Waals surface area contributed by atoms with Crippen molar-refractivity contribution in [3.63, 3.8) is 0 Å². The molecule has 0 amide bonds. The maximum atomic E-state index is 9.55. The molecular weight excluding hydrogens is 138 g/mol. The van der Waals surface area contributed by atoms with Crippen molar-refractivity contribution >= 4 is 0 Å². The lowest BCUT2D eigenvalue weighted by molar-refractivity contribution is -0.278. The Bertz CT molecular complexity index is 162. The highest BCUT2D eigenvalue weighted by Crippen LogP contribution is 2.68. The van der Waals surface area contributed by atoms with Crippen LogP contribution in [0.5, 0.6) is 0 Å². The molecule has 3 aliphatic rings. The van der Waals surface area contributed by atoms with Crippen LogP contribution in [0.3, 0.4) is 0 Å². The third-order valence-electron chi connectivity index (χ3n) is 3.93. The van der Waals surface area contributed by atoms with E-state index in [0.29, 0.717) is 17.8 Å². The predicted molar refractivity (Wildman–Crippen MR) is 43.6 cm³/mol. The van der Waals surface area contributed by atoms with Gasteiger partial charge in [-0.15, -0.1) is 0 Å². The van der Waals surface area contributed by atoms with Crippen molar-refractivity contribution in [2.45, 2.75) is 26.5 Å². The summed E-state index contributed by atoms with van der Waals surface area (Å²) in [7, 11) is 0. The monoisotopic (exact) mass is 155 g/mol. The van der Waals surface area contributed by atoms with E-state index >= 15 is 0 Å². The SMILES string of the molecule is CC(N)(O)C1C2[C@H](C)C1[C@H]2C. The van der Waals surface area contributed by atoms with Gasteiger partial charge in [0.05, 0.1) is 0 Å². The van der Waals surface area contributed by atoms with Crippen molar-refractivity contribution < 1.29 is 5.11 Å². The van der Waals surface area contributed by atoms with Crippen LogP contribution in [0.1, 0.15) is 20.8 Å². The molecule has 3 saturated carbocycles. The van der Waals surface area contributed by atoms with Crippen LogP contribution in [0.15, 0.2) is 0 Å². The molecule has 0 aromatic carbocycles. The first kappa shape index (κ1) is 7.56. The average Bonchev–Trinajstić information content (AvgIpc) is 1.77. The minimum absolute atomic E-state index is 0.382. The van der Waals surface area contributed by atoms with E-state index in [2.05, 4.69) is 13.8 Å². The Kier molecular flexibility index (Phi) is 1.24. The van der Waals surface area contributed by atoms with E-state index in [4.69, 9.17) is 5.73 Å². The van der Waals surface area contributed by atoms with Crippen molar-refractivity contribution in [3.8, 4) is 0 Å². The maximum absolute atomic E-state index is 9.55. The molecule has 0 aliphatic heterocycles. The van der Waals surface area contributed by atoms with Crippen molar-refractivity contribution in [2.24, 2.45) is 35.3 Å². The van der Waals surface area contributed by atoms with E-state index in [0.717, 1.165) is 11.8 Å². The molecule has 0 radical (unpaired) electrons. The van der Waals surface area contributed by atoms with Gasteiger partial charge in [0.25, 0.3) is 0 Å². The Labute approximate surface area is 67.8 Å². The highest BCUT2D eigenvalue weighted by molar-refractivity contribution is 5.15. The van der Waals surface area contributed by atoms with Crippen LogP contribution in [0.2, 0.25) is 0 Å². The lowest BCUT2D eigenvalue weighted by Crippen LogP contribution is -2.73. The Hall–Kier alpha value is -0.0800. The molecule has 0 heterocycles. The lowest BCUT2D eigenvalue weighted by atomic mass is 9.34. The zero-order chi connectivity index (χ0) is 8.39. The number of hydrogen-bond donors (Lipinski definition) is 2. The topological polar surface area (TPSA) is 46.2 Å². The highest BCUT2D eigenvalue weighted by atomic mass is 16.3. The van der Waals surface area contributed by atoms with Crippen LogP contribution in [0, 0.1) is 29.6 Å². The third-order valence-corrected chi connectivity index (χ3v) is 3.93. The number of rotatable bonds is 1. The largest absolute Gasteiger partial charge is 0.376 e. The van der Waals surface area contributed by atoms with Crippen molar-refractivity contribution in [1.82, 2.24) is 0 Å². The van der Waals surface area contributed by atoms with Crippen LogP contribution < -0.4 is 5.73 Å². The second-order valence-corrected chi connectivity index (χ2v) is 4.62. The molecule has 1 unspecified atom stereocenters. The Morgan fingerprint density at radius 3 is 1.64 bits per heavy atom. The Balaban J connectivity index is 2.06. The van der Waals surface area contributed by atoms with Crippen LogP contribution in [0.25, 0.3) is 0 Å². The summed E-state index contributed by atoms with van der Waals surface area (Å²) in [5, 5.41) is 9.55. The third kappa shape index (κ3) is 0.695. The Morgan fingerprint density at radius 1 is 1.18 bits per heavy atom. The second-order valence-electron chi connectivity index (χ2n) is 4.62. The lowest BCUT2D eigenvalue weighted by Gasteiger charge is -2.71. The van der Waals surface area contributed by atoms with E-state index in [1.807, 2.05) is 0 Å². The van der Waals surface area contributed by atoms with E-state index in [-0.39, 0.29) is 0 Å². The maximum Gasteiger partial charge on any atom is 0.114 e. The summed E-state index contributed by atoms with van der Waals surface area (Å²) in [6.07, 6.45) is 0. The molecule has 3 rings (SSSR count). The molecule has 2 nitrogen and oxygen atoms in total. The Morgan fingerprint density at radius 2 is 1.55 bits per heavy atom. The van der Waals surface area contributed by atoms with E-state index in [1.165, 1.54) is 0 Å². The normalized spacial score (nSPS) is 59.2. The van der Waals surface area contributed by atoms with E-state index in [1.54, 1.807) is 6.92 Å². The quantitative estimate of drug-likeness (QED) is 0.550. The van der Waals surface area contributed by atoms with Gasteiger partial charge in [0.1, 0.15) is 5.72 Å². The first-order valence-electron chi connectivity index (χ1n) is 4.46. The van der Waals surface area contributed by atoms with Gasteiger partial charge in [-0.25, -0.2) is 0 Å². The highest BCUT2D eigenvalue weighted by Gasteiger charge is 2.68. The fourth-order valence-corrected chi connectivity index (χ4v) is 3.38. The van der Waals surface area contributed by atoms with Gasteiger partial charge in [-0.3, -0.25) is 0 Å². The molecule has 3 fully saturated rings. The molecule has 0 saturated heterocycles. The van der Waals surface area contributed by atoms with Crippen molar-refractivity contribution in [3.05, 3.63) is 0 Å². The van der Waals surface area contributed by atoms with Crippen LogP contribution in [-0.2, 0) is 0 Å². The van der Waals surface area contributed by atoms with Gasteiger partial charge in [0, 0.05) is 5.92 Å². The predicted octanol–water partition coefficient (Wildman–Crippen LogP) is 0.802. The molecule has 2 heteroatoms. The summed E-state index contributed by atoms with van der Waals surface area (Å²) in [5.41, 5.74) is 4.72. The van der Waals surface area contributed by atoms with Gasteiger partial charge in [0.15, 0.2) is 0 Å². The van der Waals surface area contributed by atoms with E-state index < -0.39 is 5.72 Å². The molecule has 0 aromatic heterocycles. The molecule has 0 spiro atoms. The average molecular weight is 155 g/mol. The van der Waals surface area contributed by atoms with Gasteiger partial charge < -0.3 is 10.8 Å². The van der Waals surface area contributed by atoms with Crippen LogP contribution in [0.4, 0.5) is 0 Å². The fraction of sp³-hybridized carbons (Fsp3) is 1.00. The number of aliphatic hydroxyl groups is 1. The minimum atomic E-state index is -0.922. The molecule has 3 N–H and O–H groups in total. The second kappa shape index (κ2) is 1.80. The summed E-state index contributed by atoms with van der Waals surface area (Å²) >= 11 is 0. The van der Waals surface area contributed by atoms with Crippen LogP contribution >= 0.6 is 0 Å². The summed E-state index contributed by atoms with van der Waals surface area (Å²) in [6, 6.07) is 0. The van der Waals surface area contributed by atoms with Crippen molar-refractivity contribution in [2.75, 3.05) is 0 Å². The summed E-state index contributed by atoms with van der Waals surface area (Å²) < 4.78 is 0. The van der Waals surface area contributed by atoms with Crippen molar-refractivity contribution in [1.29, 1.82) is 0 Å². The standard InChI is InChI=1S/C9H17NO/c1-4-6-5(2)7(4)8(6)9(3,10)11/h4-8,11H,10H2,1-3H3/t4-,5-,6?,7?,8?,9?. The summed E-state index contributed by atoms with van der Waals surface area (Å²) in [5.74, 6) is 3.39. The molecule has 11 heavy (non-hydrogen) atoms. The molecule has 2 bridgehead atoms. The van der Waals surface area contributed by atoms with Gasteiger partial charge in [-0.05, 0) is 30.6 Å². The zero-order valence-corrected chi connectivity index (χ0v) is 7.41. The zero-order valence-electron chi connectivity index (χ0n) is 7.41. The summed E-state index contributed by atoms with van der Waals surface area (Å²) in [6.45, 7) is 6.25. The van der Waals surface area contributed by atoms with Gasteiger partial charge in [0.2, 0.25) is 0 Å². The molecule has 3 aliphatic carbocycles. The van der Waals surface area contributed by atoms with Gasteiger partial charge in [-0.2, -0.15) is 0 Å². The fourth-order valence-electron chi connectivity index (χ4n) is 3.38. The first-order valence-corrected chi connectivity index (χ1v) is 4.46. The van der Waals surface area contributed by atoms with Gasteiger partial charge in [-0.1, -0.05) is 13.8 Å². The number of nitrogens with two attached hydrogens (primary N) is 1. The number of hydrogen-bond acceptors (Lipinski definition) is 2. The molecule has 0 aromatic rings. The van der Waals surface area contributed by atoms with Gasteiger partial charge >= 0.3 is 0 Å². The smallest absolute Gasteiger partial charge is 0.114 e. The molecular formula is C9H17NO. The summed E-state index contributed by atoms with van der Waals surface area (Å²) in [4.78, 5) is 0. The van der Waals surface area contributed by atoms with E-state index in [9.17, 15) is 5.11 Å². The first-order chi connectivity index (χ1) is 4.94. The molecule has 1 atom stereocenters.